The molecule has 93 heavy (non-hydrogen) atoms. The summed E-state index contributed by atoms with van der Waals surface area (Å²) in [6, 6.07) is -2.52. The lowest BCUT2D eigenvalue weighted by molar-refractivity contribution is -0.386. The average Bonchev–Trinajstić information content (AvgIpc) is 0.806. The topological polar surface area (TPSA) is 373 Å². The second-order valence-electron chi connectivity index (χ2n) is 27.2. The molecule has 0 bridgehead atoms. The first-order valence-electron chi connectivity index (χ1n) is 36.9. The van der Waals surface area contributed by atoms with Gasteiger partial charge in [0.1, 0.15) is 67.1 Å². The highest BCUT2D eigenvalue weighted by molar-refractivity contribution is 5.77. The molecule has 0 saturated carbocycles. The Morgan fingerprint density at radius 1 is 0.516 bits per heavy atom. The molecule has 0 aliphatic carbocycles. The zero-order valence-electron chi connectivity index (χ0n) is 57.4. The highest BCUT2D eigenvalue weighted by Gasteiger charge is 2.60. The molecule has 0 aromatic rings. The second-order valence-corrected chi connectivity index (χ2v) is 27.2. The Morgan fingerprint density at radius 3 is 1.34 bits per heavy atom. The van der Waals surface area contributed by atoms with Crippen LogP contribution in [0.5, 0.6) is 0 Å². The quantitative estimate of drug-likeness (QED) is 0.0260. The van der Waals surface area contributed by atoms with Gasteiger partial charge in [-0.1, -0.05) is 258 Å². The van der Waals surface area contributed by atoms with Crippen molar-refractivity contribution < 1.29 is 104 Å². The first kappa shape index (κ1) is 85.0. The summed E-state index contributed by atoms with van der Waals surface area (Å²) in [5.74, 6) is -6.09. The van der Waals surface area contributed by atoms with E-state index in [1.165, 1.54) is 186 Å². The van der Waals surface area contributed by atoms with Gasteiger partial charge in [0.15, 0.2) is 12.6 Å². The molecule has 18 unspecified atom stereocenters. The number of hydrogen-bond donors (Lipinski definition) is 14. The van der Waals surface area contributed by atoms with E-state index in [0.29, 0.717) is 19.3 Å². The van der Waals surface area contributed by atoms with E-state index >= 15 is 0 Å². The molecule has 2 amide bonds. The third-order valence-corrected chi connectivity index (χ3v) is 19.1. The molecule has 3 saturated heterocycles. The van der Waals surface area contributed by atoms with Gasteiger partial charge in [-0.25, -0.2) is 4.79 Å². The first-order valence-corrected chi connectivity index (χ1v) is 36.9. The fourth-order valence-corrected chi connectivity index (χ4v) is 13.2. The third kappa shape index (κ3) is 33.0. The van der Waals surface area contributed by atoms with E-state index in [-0.39, 0.29) is 18.9 Å². The monoisotopic (exact) mass is 1340 g/mol. The molecule has 0 radical (unpaired) electrons. The minimum Gasteiger partial charge on any atom is -0.477 e. The molecular weight excluding hydrogens is 1200 g/mol. The molecule has 548 valence electrons. The average molecular weight is 1340 g/mol. The van der Waals surface area contributed by atoms with Crippen LogP contribution in [0.25, 0.3) is 0 Å². The number of rotatable bonds is 57. The molecule has 3 aliphatic rings. The first-order chi connectivity index (χ1) is 44.9. The number of carboxylic acids is 1. The van der Waals surface area contributed by atoms with E-state index in [2.05, 4.69) is 24.5 Å². The van der Waals surface area contributed by atoms with Crippen LogP contribution in [0.4, 0.5) is 0 Å². The lowest BCUT2D eigenvalue weighted by Gasteiger charge is -2.50. The van der Waals surface area contributed by atoms with E-state index in [0.717, 1.165) is 58.3 Å². The van der Waals surface area contributed by atoms with Gasteiger partial charge in [-0.05, 0) is 12.8 Å². The zero-order chi connectivity index (χ0) is 68.2. The van der Waals surface area contributed by atoms with Crippen LogP contribution in [-0.2, 0) is 42.8 Å². The maximum atomic E-state index is 13.5. The standard InChI is InChI=1S/C70H132N2O21/c1-4-6-8-10-12-14-16-18-20-21-22-23-24-25-26-27-28-30-31-33-35-37-39-41-43-52(77)51(72-57(80)44-42-40-38-36-34-32-29-19-17-15-13-11-9-7-5-2)49-88-67-62(84)61(83)64(56(48-75)90-67)91-68-63(85)66(60(82)55(47-74)89-68)93-70(69(86)87)45-53(78)58(71-50(3)76)65(92-70)59(81)54(79)46-73/h51-56,58-68,73-75,77-79,81-85H,4-49H2,1-3H3,(H,71,76)(H,72,80)(H,86,87). The number of unbranched alkanes of at least 4 members (excludes halogenated alkanes) is 37. The zero-order valence-corrected chi connectivity index (χ0v) is 57.4. The number of carboxylic acid groups (broad SMARTS) is 1. The number of aliphatic hydroxyl groups excluding tert-OH is 11. The van der Waals surface area contributed by atoms with Gasteiger partial charge in [-0.3, -0.25) is 9.59 Å². The van der Waals surface area contributed by atoms with Gasteiger partial charge >= 0.3 is 5.97 Å². The van der Waals surface area contributed by atoms with Gasteiger partial charge in [0.05, 0.1) is 50.7 Å². The Labute approximate surface area is 557 Å². The maximum Gasteiger partial charge on any atom is 0.364 e. The molecule has 18 atom stereocenters. The Kier molecular flexibility index (Phi) is 46.6. The molecular formula is C70H132N2O21. The van der Waals surface area contributed by atoms with Crippen molar-refractivity contribution in [2.45, 2.75) is 400 Å². The Morgan fingerprint density at radius 2 is 0.935 bits per heavy atom. The van der Waals surface area contributed by atoms with Crippen LogP contribution < -0.4 is 10.6 Å². The Bertz CT molecular complexity index is 1880. The van der Waals surface area contributed by atoms with Gasteiger partial charge in [-0.15, -0.1) is 0 Å². The summed E-state index contributed by atoms with van der Waals surface area (Å²) in [7, 11) is 0. The predicted octanol–water partition coefficient (Wildman–Crippen LogP) is 7.68. The van der Waals surface area contributed by atoms with Crippen molar-refractivity contribution in [1.29, 1.82) is 0 Å². The fourth-order valence-electron chi connectivity index (χ4n) is 13.2. The molecule has 3 fully saturated rings. The SMILES string of the molecule is CCCCCCCCCCCCCCCCCCCCCCCCCCC(O)C(COC1OC(CO)C(OC2OC(CO)C(O)C(OC3(C(=O)O)CC(O)C(NC(C)=O)C(C(O)C(O)CO)O3)C2O)C(O)C1O)NC(=O)CCCCCCCCCCCCCCCCC. The van der Waals surface area contributed by atoms with Crippen molar-refractivity contribution >= 4 is 17.8 Å². The van der Waals surface area contributed by atoms with Gasteiger partial charge < -0.3 is 100 Å². The maximum absolute atomic E-state index is 13.5. The van der Waals surface area contributed by atoms with Gasteiger partial charge in [0, 0.05) is 19.8 Å². The molecule has 14 N–H and O–H groups in total. The van der Waals surface area contributed by atoms with Gasteiger partial charge in [-0.2, -0.15) is 0 Å². The van der Waals surface area contributed by atoms with E-state index in [1.807, 2.05) is 0 Å². The predicted molar refractivity (Wildman–Crippen MR) is 352 cm³/mol. The smallest absolute Gasteiger partial charge is 0.364 e. The van der Waals surface area contributed by atoms with Crippen molar-refractivity contribution in [1.82, 2.24) is 10.6 Å². The van der Waals surface area contributed by atoms with E-state index < -0.39 is 148 Å². The molecule has 0 aromatic heterocycles. The van der Waals surface area contributed by atoms with Gasteiger partial charge in [0.2, 0.25) is 11.8 Å². The van der Waals surface area contributed by atoms with E-state index in [4.69, 9.17) is 28.4 Å². The van der Waals surface area contributed by atoms with Crippen molar-refractivity contribution in [3.8, 4) is 0 Å². The summed E-state index contributed by atoms with van der Waals surface area (Å²) in [5.41, 5.74) is 0. The molecule has 0 aromatic carbocycles. The Hall–Kier alpha value is -2.27. The largest absolute Gasteiger partial charge is 0.477 e. The number of aliphatic carboxylic acids is 1. The number of hydrogen-bond acceptors (Lipinski definition) is 20. The van der Waals surface area contributed by atoms with E-state index in [9.17, 15) is 75.7 Å². The van der Waals surface area contributed by atoms with Crippen LogP contribution >= 0.6 is 0 Å². The van der Waals surface area contributed by atoms with Crippen LogP contribution in [-0.4, -0.2) is 215 Å². The number of nitrogens with one attached hydrogen (secondary N) is 2. The van der Waals surface area contributed by atoms with E-state index in [1.54, 1.807) is 0 Å². The van der Waals surface area contributed by atoms with Crippen molar-refractivity contribution in [2.75, 3.05) is 26.4 Å². The second kappa shape index (κ2) is 51.0. The summed E-state index contributed by atoms with van der Waals surface area (Å²) in [6.45, 7) is 2.24. The number of carbonyl (C=O) groups is 3. The minimum absolute atomic E-state index is 0.229. The molecule has 0 spiro atoms. The minimum atomic E-state index is -3.08. The number of carbonyl (C=O) groups excluding carboxylic acids is 2. The van der Waals surface area contributed by atoms with Crippen LogP contribution in [0, 0.1) is 0 Å². The summed E-state index contributed by atoms with van der Waals surface area (Å²) in [4.78, 5) is 38.6. The van der Waals surface area contributed by atoms with Crippen molar-refractivity contribution in [3.63, 3.8) is 0 Å². The molecule has 23 heteroatoms. The van der Waals surface area contributed by atoms with Crippen LogP contribution in [0.15, 0.2) is 0 Å². The summed E-state index contributed by atoms with van der Waals surface area (Å²) < 4.78 is 34.9. The van der Waals surface area contributed by atoms with Crippen LogP contribution in [0.3, 0.4) is 0 Å². The summed E-state index contributed by atoms with van der Waals surface area (Å²) in [6.07, 6.45) is 19.6. The van der Waals surface area contributed by atoms with Crippen molar-refractivity contribution in [3.05, 3.63) is 0 Å². The lowest BCUT2D eigenvalue weighted by atomic mass is 9.88. The normalized spacial score (nSPS) is 28.0. The molecule has 3 heterocycles. The van der Waals surface area contributed by atoms with Crippen molar-refractivity contribution in [2.24, 2.45) is 0 Å². The molecule has 3 aliphatic heterocycles. The number of aliphatic hydroxyl groups is 11. The van der Waals surface area contributed by atoms with Crippen LogP contribution in [0.1, 0.15) is 290 Å². The third-order valence-electron chi connectivity index (χ3n) is 19.1. The van der Waals surface area contributed by atoms with Gasteiger partial charge in [0.25, 0.3) is 5.79 Å². The lowest BCUT2D eigenvalue weighted by Crippen LogP contribution is -2.70. The number of amides is 2. The molecule has 3 rings (SSSR count). The Balaban J connectivity index is 1.55. The van der Waals surface area contributed by atoms with Crippen LogP contribution in [0.2, 0.25) is 0 Å². The molecule has 23 nitrogen and oxygen atoms in total. The summed E-state index contributed by atoms with van der Waals surface area (Å²) in [5, 5.41) is 136. The summed E-state index contributed by atoms with van der Waals surface area (Å²) >= 11 is 0. The number of ether oxygens (including phenoxy) is 6. The fraction of sp³-hybridized carbons (Fsp3) is 0.957. The highest BCUT2D eigenvalue weighted by atomic mass is 16.8. The highest BCUT2D eigenvalue weighted by Crippen LogP contribution is 2.39.